The molecule has 0 spiro atoms. The van der Waals surface area contributed by atoms with Crippen molar-refractivity contribution < 1.29 is 4.39 Å². The van der Waals surface area contributed by atoms with Gasteiger partial charge in [-0.2, -0.15) is 5.26 Å². The Morgan fingerprint density at radius 2 is 2.31 bits per heavy atom. The minimum atomic E-state index is -0.585. The summed E-state index contributed by atoms with van der Waals surface area (Å²) in [7, 11) is 0. The van der Waals surface area contributed by atoms with E-state index < -0.39 is 5.82 Å². The first-order valence-electron chi connectivity index (χ1n) is 3.54. The lowest BCUT2D eigenvalue weighted by molar-refractivity contribution is 0.619. The van der Waals surface area contributed by atoms with Gasteiger partial charge < -0.3 is 0 Å². The number of halogens is 1. The van der Waals surface area contributed by atoms with Gasteiger partial charge in [-0.25, -0.2) is 14.4 Å². The Hall–Kier alpha value is -1.54. The van der Waals surface area contributed by atoms with Gasteiger partial charge in [-0.1, -0.05) is 0 Å². The van der Waals surface area contributed by atoms with Crippen molar-refractivity contribution in [3.05, 3.63) is 22.6 Å². The van der Waals surface area contributed by atoms with E-state index in [0.717, 1.165) is 5.01 Å². The molecule has 0 amide bonds. The molecule has 0 bridgehead atoms. The van der Waals surface area contributed by atoms with Crippen molar-refractivity contribution in [3.8, 4) is 6.07 Å². The van der Waals surface area contributed by atoms with Gasteiger partial charge in [-0.05, 0) is 13.0 Å². The summed E-state index contributed by atoms with van der Waals surface area (Å²) in [5, 5.41) is 9.32. The molecule has 0 aromatic carbocycles. The molecule has 2 heterocycles. The molecular weight excluding hydrogens is 189 g/mol. The molecule has 64 valence electrons. The fourth-order valence-corrected chi connectivity index (χ4v) is 1.82. The van der Waals surface area contributed by atoms with Gasteiger partial charge in [0.05, 0.1) is 9.71 Å². The van der Waals surface area contributed by atoms with Crippen molar-refractivity contribution in [1.82, 2.24) is 9.97 Å². The van der Waals surface area contributed by atoms with Crippen LogP contribution in [0.4, 0.5) is 4.39 Å². The van der Waals surface area contributed by atoms with E-state index in [2.05, 4.69) is 9.97 Å². The zero-order valence-electron chi connectivity index (χ0n) is 6.71. The molecular formula is C8H4FN3S. The van der Waals surface area contributed by atoms with Crippen molar-refractivity contribution >= 4 is 21.7 Å². The summed E-state index contributed by atoms with van der Waals surface area (Å²) in [5.74, 6) is -0.585. The number of hydrogen-bond acceptors (Lipinski definition) is 4. The van der Waals surface area contributed by atoms with E-state index >= 15 is 0 Å². The zero-order chi connectivity index (χ0) is 9.42. The van der Waals surface area contributed by atoms with Gasteiger partial charge in [0.1, 0.15) is 6.07 Å². The molecule has 2 rings (SSSR count). The summed E-state index contributed by atoms with van der Waals surface area (Å²) in [5.41, 5.74) is 0.248. The van der Waals surface area contributed by atoms with E-state index in [-0.39, 0.29) is 5.69 Å². The lowest BCUT2D eigenvalue weighted by Crippen LogP contribution is -1.88. The van der Waals surface area contributed by atoms with Crippen molar-refractivity contribution in [2.45, 2.75) is 6.92 Å². The maximum atomic E-state index is 13.0. The summed E-state index contributed by atoms with van der Waals surface area (Å²) in [6.07, 6.45) is 0. The van der Waals surface area contributed by atoms with Gasteiger partial charge >= 0.3 is 0 Å². The molecule has 0 aliphatic rings. The quantitative estimate of drug-likeness (QED) is 0.643. The predicted molar refractivity (Wildman–Crippen MR) is 46.8 cm³/mol. The third kappa shape index (κ3) is 1.25. The van der Waals surface area contributed by atoms with E-state index in [1.54, 1.807) is 6.07 Å². The number of nitriles is 1. The minimum Gasteiger partial charge on any atom is -0.222 e. The van der Waals surface area contributed by atoms with E-state index in [9.17, 15) is 4.39 Å². The Bertz CT molecular complexity index is 512. The zero-order valence-corrected chi connectivity index (χ0v) is 7.52. The van der Waals surface area contributed by atoms with E-state index in [0.29, 0.717) is 10.3 Å². The van der Waals surface area contributed by atoms with E-state index in [4.69, 9.17) is 5.26 Å². The van der Waals surface area contributed by atoms with Gasteiger partial charge in [0.2, 0.25) is 0 Å². The Labute approximate surface area is 77.5 Å². The SMILES string of the molecule is Cc1nc2nc(C#N)c(F)cc2s1. The van der Waals surface area contributed by atoms with Crippen LogP contribution in [0, 0.1) is 24.1 Å². The molecule has 0 fully saturated rings. The predicted octanol–water partition coefficient (Wildman–Crippen LogP) is 2.01. The Morgan fingerprint density at radius 3 is 3.00 bits per heavy atom. The van der Waals surface area contributed by atoms with Crippen LogP contribution in [-0.2, 0) is 0 Å². The third-order valence-corrected chi connectivity index (χ3v) is 2.46. The number of aromatic nitrogens is 2. The van der Waals surface area contributed by atoms with Crippen LogP contribution >= 0.6 is 11.3 Å². The summed E-state index contributed by atoms with van der Waals surface area (Å²) in [6, 6.07) is 2.97. The molecule has 2 aromatic rings. The molecule has 0 saturated carbocycles. The summed E-state index contributed by atoms with van der Waals surface area (Å²) >= 11 is 1.36. The minimum absolute atomic E-state index is 0.196. The summed E-state index contributed by atoms with van der Waals surface area (Å²) in [6.45, 7) is 1.82. The highest BCUT2D eigenvalue weighted by Gasteiger charge is 2.08. The molecule has 0 aliphatic carbocycles. The fourth-order valence-electron chi connectivity index (χ4n) is 1.03. The monoisotopic (exact) mass is 193 g/mol. The Morgan fingerprint density at radius 1 is 1.54 bits per heavy atom. The van der Waals surface area contributed by atoms with E-state index in [1.807, 2.05) is 6.92 Å². The molecule has 0 aliphatic heterocycles. The van der Waals surface area contributed by atoms with Crippen LogP contribution < -0.4 is 0 Å². The second-order valence-corrected chi connectivity index (χ2v) is 3.72. The van der Waals surface area contributed by atoms with Gasteiger partial charge in [0.15, 0.2) is 17.2 Å². The second-order valence-electron chi connectivity index (χ2n) is 2.49. The standard InChI is InChI=1S/C8H4FN3S/c1-4-11-8-7(13-4)2-5(9)6(3-10)12-8/h2H,1H3. The smallest absolute Gasteiger partial charge is 0.178 e. The second kappa shape index (κ2) is 2.75. The average molecular weight is 193 g/mol. The fraction of sp³-hybridized carbons (Fsp3) is 0.125. The van der Waals surface area contributed by atoms with Crippen LogP contribution in [0.2, 0.25) is 0 Å². The van der Waals surface area contributed by atoms with Crippen LogP contribution in [0.5, 0.6) is 0 Å². The molecule has 2 aromatic heterocycles. The van der Waals surface area contributed by atoms with Gasteiger partial charge in [0.25, 0.3) is 0 Å². The highest BCUT2D eigenvalue weighted by molar-refractivity contribution is 7.18. The van der Waals surface area contributed by atoms with Crippen LogP contribution in [-0.4, -0.2) is 9.97 Å². The first kappa shape index (κ1) is 8.08. The number of pyridine rings is 1. The molecule has 0 saturated heterocycles. The lowest BCUT2D eigenvalue weighted by atomic mass is 10.3. The molecule has 13 heavy (non-hydrogen) atoms. The van der Waals surface area contributed by atoms with Crippen LogP contribution in [0.1, 0.15) is 10.7 Å². The van der Waals surface area contributed by atoms with Gasteiger partial charge in [0, 0.05) is 0 Å². The van der Waals surface area contributed by atoms with Crippen molar-refractivity contribution in [3.63, 3.8) is 0 Å². The first-order chi connectivity index (χ1) is 6.20. The third-order valence-electron chi connectivity index (χ3n) is 1.55. The van der Waals surface area contributed by atoms with Gasteiger partial charge in [-0.3, -0.25) is 0 Å². The number of rotatable bonds is 0. The van der Waals surface area contributed by atoms with E-state index in [1.165, 1.54) is 17.4 Å². The number of aryl methyl sites for hydroxylation is 1. The summed E-state index contributed by atoms with van der Waals surface area (Å²) < 4.78 is 13.7. The Balaban J connectivity index is 2.82. The summed E-state index contributed by atoms with van der Waals surface area (Å²) in [4.78, 5) is 7.83. The van der Waals surface area contributed by atoms with Crippen LogP contribution in [0.15, 0.2) is 6.07 Å². The Kier molecular flexibility index (Phi) is 1.71. The van der Waals surface area contributed by atoms with Crippen molar-refractivity contribution in [2.75, 3.05) is 0 Å². The molecule has 0 unspecified atom stereocenters. The van der Waals surface area contributed by atoms with Crippen LogP contribution in [0.3, 0.4) is 0 Å². The van der Waals surface area contributed by atoms with Gasteiger partial charge in [-0.15, -0.1) is 11.3 Å². The molecule has 5 heteroatoms. The molecule has 0 N–H and O–H groups in total. The normalized spacial score (nSPS) is 10.2. The molecule has 3 nitrogen and oxygen atoms in total. The number of hydrogen-bond donors (Lipinski definition) is 0. The lowest BCUT2D eigenvalue weighted by Gasteiger charge is -1.90. The molecule has 0 radical (unpaired) electrons. The first-order valence-corrected chi connectivity index (χ1v) is 4.36. The van der Waals surface area contributed by atoms with Crippen molar-refractivity contribution in [1.29, 1.82) is 5.26 Å². The van der Waals surface area contributed by atoms with Crippen molar-refractivity contribution in [2.24, 2.45) is 0 Å². The maximum absolute atomic E-state index is 13.0. The average Bonchev–Trinajstić information content (AvgIpc) is 2.42. The number of thiazole rings is 1. The number of fused-ring (bicyclic) bond motifs is 1. The largest absolute Gasteiger partial charge is 0.222 e. The van der Waals surface area contributed by atoms with Crippen LogP contribution in [0.25, 0.3) is 10.3 Å². The molecule has 0 atom stereocenters. The highest BCUT2D eigenvalue weighted by Crippen LogP contribution is 2.21. The highest BCUT2D eigenvalue weighted by atomic mass is 32.1. The maximum Gasteiger partial charge on any atom is 0.178 e. The topological polar surface area (TPSA) is 49.6 Å². The number of nitrogens with zero attached hydrogens (tertiary/aromatic N) is 3.